The summed E-state index contributed by atoms with van der Waals surface area (Å²) in [6.07, 6.45) is 0.715. The summed E-state index contributed by atoms with van der Waals surface area (Å²) in [5.74, 6) is 0. The van der Waals surface area contributed by atoms with Gasteiger partial charge in [-0.05, 0) is 22.9 Å². The number of nitriles is 1. The van der Waals surface area contributed by atoms with Crippen molar-refractivity contribution < 1.29 is 101 Å². The lowest BCUT2D eigenvalue weighted by molar-refractivity contribution is -0.742. The van der Waals surface area contributed by atoms with Gasteiger partial charge in [-0.3, -0.25) is 18.2 Å². The zero-order valence-corrected chi connectivity index (χ0v) is 28.9. The molecule has 0 aliphatic heterocycles. The van der Waals surface area contributed by atoms with Crippen LogP contribution < -0.4 is 0 Å². The van der Waals surface area contributed by atoms with E-state index in [0.717, 1.165) is 10.8 Å². The van der Waals surface area contributed by atoms with Gasteiger partial charge >= 0.3 is 34.3 Å². The Labute approximate surface area is 269 Å². The van der Waals surface area contributed by atoms with Gasteiger partial charge in [0.2, 0.25) is 0 Å². The highest BCUT2D eigenvalue weighted by molar-refractivity contribution is 8.93. The second-order valence-corrected chi connectivity index (χ2v) is 12.9. The quantitative estimate of drug-likeness (QED) is 0.0495. The molecule has 45 heavy (non-hydrogen) atoms. The summed E-state index contributed by atoms with van der Waals surface area (Å²) in [4.78, 5) is 53.5. The summed E-state index contributed by atoms with van der Waals surface area (Å²) >= 11 is 3.09. The molecule has 2 rings (SSSR count). The number of hydrogen-bond donors (Lipinski definition) is 12. The van der Waals surface area contributed by atoms with Crippen molar-refractivity contribution in [2.75, 3.05) is 6.26 Å². The monoisotopic (exact) mass is 863 g/mol. The molecular weight excluding hydrogens is 841 g/mol. The molecule has 0 fully saturated rings. The molecule has 0 aliphatic carbocycles. The first-order valence-electron chi connectivity index (χ1n) is 8.78. The van der Waals surface area contributed by atoms with E-state index in [9.17, 15) is 26.0 Å². The predicted molar refractivity (Wildman–Crippen MR) is 156 cm³/mol. The first-order valence-corrected chi connectivity index (χ1v) is 18.1. The molecule has 0 saturated heterocycles. The fraction of sp³-hybridized carbons (Fsp3) is 0.0833. The van der Waals surface area contributed by atoms with Crippen molar-refractivity contribution in [2.24, 2.45) is 0 Å². The number of halogens is 1. The minimum absolute atomic E-state index is 0. The van der Waals surface area contributed by atoms with Crippen LogP contribution in [0.15, 0.2) is 47.4 Å². The Balaban J connectivity index is -0.000000107. The fourth-order valence-electron chi connectivity index (χ4n) is 1.47. The third-order valence-corrected chi connectivity index (χ3v) is 4.78. The van der Waals surface area contributed by atoms with Crippen LogP contribution in [0.5, 0.6) is 0 Å². The standard InChI is InChI=1S/C10H8O3S.CHNS.CH4O3S.BrH.HNO3.H4O7P2.H2O4S.HO3P/c11-14(12,13)10-6-5-8-3-1-2-4-9(8)7-10;2-1-3;1-5(2,3)4;;2-1(3)4;1-8(2,3)7-9(4,5)6;1-5(2,3)4;1-4(2)3/h1-7H,(H,11,12,13);3H;1H3,(H,2,3,4);1H;(H,2,3,4);(H2,1,2,3)(H2,4,5,6);(H2,1,2,3,4);(H-,1,2,3)/p+1. The second-order valence-electron chi connectivity index (χ2n) is 5.82. The lowest BCUT2D eigenvalue weighted by atomic mass is 10.1. The van der Waals surface area contributed by atoms with E-state index in [2.05, 4.69) is 16.9 Å². The zero-order chi connectivity index (χ0) is 36.8. The molecule has 264 valence electrons. The lowest BCUT2D eigenvalue weighted by Gasteiger charge is -2.03. The average Bonchev–Trinajstić information content (AvgIpc) is 2.68. The van der Waals surface area contributed by atoms with Crippen LogP contribution in [0.1, 0.15) is 0 Å². The minimum atomic E-state index is -5.05. The molecular formula is C12H23BrN2O23P3S4+. The summed E-state index contributed by atoms with van der Waals surface area (Å²) in [7, 11) is -25.4. The van der Waals surface area contributed by atoms with E-state index in [1.165, 1.54) is 17.5 Å². The SMILES string of the molecule is Br.CS(=O)(=O)O.N#CS.O=P(O)(O)OP(=O)(O)O.O=S(=O)(O)O.O=S(=O)(O)c1ccc2ccccc2c1.O=[N+]([O-])O.O=[P+](O)O. The van der Waals surface area contributed by atoms with Crippen molar-refractivity contribution in [1.29, 1.82) is 5.26 Å². The molecule has 33 heteroatoms. The summed E-state index contributed by atoms with van der Waals surface area (Å²) in [5, 5.41) is 24.0. The smallest absolute Gasteiger partial charge is 0.328 e. The number of thiol groups is 1. The molecule has 11 N–H and O–H groups in total. The third kappa shape index (κ3) is 74.8. The highest BCUT2D eigenvalue weighted by Gasteiger charge is 2.27. The van der Waals surface area contributed by atoms with E-state index in [1.54, 1.807) is 12.1 Å². The maximum absolute atomic E-state index is 10.8. The Morgan fingerprint density at radius 2 is 1.13 bits per heavy atom. The molecule has 0 unspecified atom stereocenters. The second kappa shape index (κ2) is 26.3. The van der Waals surface area contributed by atoms with Gasteiger partial charge in [0.1, 0.15) is 5.40 Å². The highest BCUT2D eigenvalue weighted by atomic mass is 79.9. The van der Waals surface area contributed by atoms with Crippen molar-refractivity contribution in [3.05, 3.63) is 52.6 Å². The third-order valence-electron chi connectivity index (χ3n) is 2.23. The Hall–Kier alpha value is -1.81. The maximum atomic E-state index is 10.8. The van der Waals surface area contributed by atoms with Gasteiger partial charge in [0.25, 0.3) is 25.3 Å². The van der Waals surface area contributed by atoms with Crippen molar-refractivity contribution in [2.45, 2.75) is 4.90 Å². The first kappa shape index (κ1) is 55.6. The van der Waals surface area contributed by atoms with E-state index < -0.39 is 59.6 Å². The van der Waals surface area contributed by atoms with E-state index in [4.69, 9.17) is 81.1 Å². The van der Waals surface area contributed by atoms with Gasteiger partial charge in [0.05, 0.1) is 11.2 Å². The first-order chi connectivity index (χ1) is 19.2. The van der Waals surface area contributed by atoms with Gasteiger partial charge in [-0.2, -0.15) is 34.8 Å². The fourth-order valence-corrected chi connectivity index (χ4v) is 3.09. The van der Waals surface area contributed by atoms with Crippen molar-refractivity contribution in [3.8, 4) is 5.40 Å². The van der Waals surface area contributed by atoms with Crippen molar-refractivity contribution >= 4 is 94.9 Å². The van der Waals surface area contributed by atoms with Gasteiger partial charge in [0.15, 0.2) is 0 Å². The van der Waals surface area contributed by atoms with Gasteiger partial charge < -0.3 is 24.8 Å². The molecule has 0 spiro atoms. The topological polar surface area (TPSA) is 452 Å². The molecule has 2 aromatic carbocycles. The van der Waals surface area contributed by atoms with Crippen LogP contribution in [0, 0.1) is 20.8 Å². The maximum Gasteiger partial charge on any atom is 0.692 e. The molecule has 25 nitrogen and oxygen atoms in total. The lowest BCUT2D eigenvalue weighted by Crippen LogP contribution is -1.97. The van der Waals surface area contributed by atoms with Crippen LogP contribution in [0.4, 0.5) is 0 Å². The number of thiocyanates is 1. The minimum Gasteiger partial charge on any atom is -0.328 e. The number of phosphoric acid groups is 2. The van der Waals surface area contributed by atoms with Crippen molar-refractivity contribution in [3.63, 3.8) is 0 Å². The van der Waals surface area contributed by atoms with E-state index in [0.29, 0.717) is 6.26 Å². The number of hydrogen-bond acceptors (Lipinski definition) is 14. The summed E-state index contributed by atoms with van der Waals surface area (Å²) in [5.41, 5.74) is 0. The van der Waals surface area contributed by atoms with Gasteiger partial charge in [-0.1, -0.05) is 43.0 Å². The van der Waals surface area contributed by atoms with Gasteiger partial charge in [-0.15, -0.1) is 36.9 Å². The van der Waals surface area contributed by atoms with Gasteiger partial charge in [-0.25, -0.2) is 9.13 Å². The average molecular weight is 864 g/mol. The van der Waals surface area contributed by atoms with Crippen LogP contribution in [0.3, 0.4) is 0 Å². The van der Waals surface area contributed by atoms with E-state index >= 15 is 0 Å². The predicted octanol–water partition coefficient (Wildman–Crippen LogP) is 0.382. The molecule has 0 aliphatic rings. The summed E-state index contributed by atoms with van der Waals surface area (Å²) in [6.45, 7) is 0. The molecule has 0 bridgehead atoms. The molecule has 0 heterocycles. The Kier molecular flexibility index (Phi) is 32.5. The number of benzene rings is 2. The Morgan fingerprint density at radius 3 is 1.33 bits per heavy atom. The van der Waals surface area contributed by atoms with Crippen LogP contribution in [-0.2, 0) is 48.6 Å². The van der Waals surface area contributed by atoms with E-state index in [-0.39, 0.29) is 21.9 Å². The molecule has 0 saturated carbocycles. The van der Waals surface area contributed by atoms with Crippen molar-refractivity contribution in [1.82, 2.24) is 0 Å². The normalized spacial score (nSPS) is 10.3. The van der Waals surface area contributed by atoms with Crippen LogP contribution in [0.2, 0.25) is 0 Å². The summed E-state index contributed by atoms with van der Waals surface area (Å²) < 4.78 is 119. The van der Waals surface area contributed by atoms with Crippen LogP contribution in [-0.4, -0.2) is 89.4 Å². The molecule has 0 aromatic heterocycles. The molecule has 2 aromatic rings. The molecule has 0 amide bonds. The van der Waals surface area contributed by atoms with E-state index in [1.807, 2.05) is 18.2 Å². The largest absolute Gasteiger partial charge is 0.692 e. The summed E-state index contributed by atoms with van der Waals surface area (Å²) in [6, 6.07) is 11.9. The zero-order valence-electron chi connectivity index (χ0n) is 21.2. The van der Waals surface area contributed by atoms with Crippen LogP contribution in [0.25, 0.3) is 10.8 Å². The Bertz CT molecular complexity index is 1550. The Morgan fingerprint density at radius 1 is 0.889 bits per heavy atom. The van der Waals surface area contributed by atoms with Gasteiger partial charge in [0, 0.05) is 4.57 Å². The number of fused-ring (bicyclic) bond motifs is 1. The number of nitrogens with zero attached hydrogens (tertiary/aromatic N) is 2. The molecule has 0 radical (unpaired) electrons. The van der Waals surface area contributed by atoms with Crippen LogP contribution >= 0.6 is 53.5 Å². The molecule has 0 atom stereocenters. The highest BCUT2D eigenvalue weighted by Crippen LogP contribution is 2.53. The number of rotatable bonds is 3.